The van der Waals surface area contributed by atoms with Gasteiger partial charge in [-0.3, -0.25) is 14.5 Å². The summed E-state index contributed by atoms with van der Waals surface area (Å²) in [5.74, 6) is -0.276. The van der Waals surface area contributed by atoms with E-state index >= 15 is 0 Å². The van der Waals surface area contributed by atoms with Gasteiger partial charge in [-0.15, -0.1) is 22.7 Å². The zero-order valence-electron chi connectivity index (χ0n) is 17.6. The minimum Gasteiger partial charge on any atom is -0.459 e. The molecular formula is C23H21N3O3S3. The summed E-state index contributed by atoms with van der Waals surface area (Å²) in [5, 5.41) is 2.36. The smallest absolute Gasteiger partial charge is 0.316 e. The Balaban J connectivity index is 1.34. The van der Waals surface area contributed by atoms with Crippen molar-refractivity contribution in [3.8, 4) is 0 Å². The molecule has 4 rings (SSSR count). The fourth-order valence-corrected chi connectivity index (χ4v) is 5.74. The molecule has 0 saturated carbocycles. The Morgan fingerprint density at radius 3 is 2.59 bits per heavy atom. The van der Waals surface area contributed by atoms with Gasteiger partial charge in [0.1, 0.15) is 6.61 Å². The minimum atomic E-state index is -0.331. The van der Waals surface area contributed by atoms with E-state index in [1.165, 1.54) is 35.6 Å². The van der Waals surface area contributed by atoms with Gasteiger partial charge in [0.15, 0.2) is 9.47 Å². The molecule has 0 radical (unpaired) electrons. The van der Waals surface area contributed by atoms with Crippen molar-refractivity contribution in [2.24, 2.45) is 0 Å². The van der Waals surface area contributed by atoms with E-state index < -0.39 is 0 Å². The van der Waals surface area contributed by atoms with Crippen LogP contribution in [0.5, 0.6) is 0 Å². The van der Waals surface area contributed by atoms with Gasteiger partial charge < -0.3 is 4.74 Å². The van der Waals surface area contributed by atoms with Gasteiger partial charge in [-0.2, -0.15) is 0 Å². The van der Waals surface area contributed by atoms with Gasteiger partial charge >= 0.3 is 5.97 Å². The number of hydrogen-bond donors (Lipinski definition) is 0. The van der Waals surface area contributed by atoms with Crippen LogP contribution in [0, 0.1) is 0 Å². The first kappa shape index (κ1) is 22.4. The van der Waals surface area contributed by atoms with E-state index in [4.69, 9.17) is 4.74 Å². The second kappa shape index (κ2) is 10.2. The van der Waals surface area contributed by atoms with E-state index in [0.717, 1.165) is 26.7 Å². The third-order valence-corrected chi connectivity index (χ3v) is 7.64. The molecule has 0 unspecified atom stereocenters. The molecule has 0 N–H and O–H groups in total. The molecule has 4 aromatic rings. The van der Waals surface area contributed by atoms with E-state index in [-0.39, 0.29) is 24.2 Å². The lowest BCUT2D eigenvalue weighted by molar-refractivity contribution is -0.141. The Morgan fingerprint density at radius 2 is 1.88 bits per heavy atom. The summed E-state index contributed by atoms with van der Waals surface area (Å²) in [6, 6.07) is 15.7. The number of nitrogens with zero attached hydrogens (tertiary/aromatic N) is 3. The molecule has 1 amide bonds. The maximum Gasteiger partial charge on any atom is 0.316 e. The van der Waals surface area contributed by atoms with Crippen molar-refractivity contribution < 1.29 is 14.3 Å². The van der Waals surface area contributed by atoms with E-state index in [0.29, 0.717) is 10.8 Å². The summed E-state index contributed by atoms with van der Waals surface area (Å²) in [7, 11) is 0. The first-order valence-corrected chi connectivity index (χ1v) is 12.7. The molecule has 32 heavy (non-hydrogen) atoms. The molecule has 0 bridgehead atoms. The molecule has 0 spiro atoms. The number of fused-ring (bicyclic) bond motifs is 1. The number of para-hydroxylation sites is 1. The van der Waals surface area contributed by atoms with Crippen LogP contribution in [0.1, 0.15) is 25.1 Å². The molecule has 2 aromatic heterocycles. The van der Waals surface area contributed by atoms with Gasteiger partial charge in [-0.1, -0.05) is 43.0 Å². The van der Waals surface area contributed by atoms with Crippen molar-refractivity contribution in [3.05, 3.63) is 65.2 Å². The number of hydrogen-bond acceptors (Lipinski definition) is 8. The summed E-state index contributed by atoms with van der Waals surface area (Å²) in [6.45, 7) is 3.66. The van der Waals surface area contributed by atoms with E-state index in [1.54, 1.807) is 21.6 Å². The molecule has 6 nitrogen and oxygen atoms in total. The predicted octanol–water partition coefficient (Wildman–Crippen LogP) is 5.84. The highest BCUT2D eigenvalue weighted by atomic mass is 32.2. The predicted molar refractivity (Wildman–Crippen MR) is 131 cm³/mol. The number of aromatic nitrogens is 2. The number of ether oxygens (including phenoxy) is 1. The summed E-state index contributed by atoms with van der Waals surface area (Å²) < 4.78 is 7.30. The van der Waals surface area contributed by atoms with Crippen LogP contribution in [0.2, 0.25) is 0 Å². The van der Waals surface area contributed by atoms with Crippen LogP contribution in [0.25, 0.3) is 10.2 Å². The van der Waals surface area contributed by atoms with Crippen LogP contribution in [0.4, 0.5) is 10.8 Å². The quantitative estimate of drug-likeness (QED) is 0.232. The summed E-state index contributed by atoms with van der Waals surface area (Å²) in [5.41, 5.74) is 3.51. The summed E-state index contributed by atoms with van der Waals surface area (Å²) >= 11 is 4.27. The highest BCUT2D eigenvalue weighted by Crippen LogP contribution is 2.31. The molecule has 0 aliphatic rings. The molecule has 9 heteroatoms. The average molecular weight is 484 g/mol. The molecule has 0 aliphatic heterocycles. The van der Waals surface area contributed by atoms with Crippen LogP contribution in [0.3, 0.4) is 0 Å². The van der Waals surface area contributed by atoms with Gasteiger partial charge in [-0.25, -0.2) is 9.97 Å². The normalized spacial score (nSPS) is 10.9. The van der Waals surface area contributed by atoms with Crippen molar-refractivity contribution in [1.82, 2.24) is 9.97 Å². The molecule has 0 fully saturated rings. The summed E-state index contributed by atoms with van der Waals surface area (Å²) in [6.07, 6.45) is 0.935. The zero-order chi connectivity index (χ0) is 22.5. The molecule has 2 heterocycles. The lowest BCUT2D eigenvalue weighted by Gasteiger charge is -2.18. The molecular weight excluding hydrogens is 462 g/mol. The van der Waals surface area contributed by atoms with Crippen LogP contribution in [0.15, 0.2) is 58.3 Å². The average Bonchev–Trinajstić information content (AvgIpc) is 3.43. The van der Waals surface area contributed by atoms with Gasteiger partial charge in [0, 0.05) is 12.3 Å². The second-order valence-corrected chi connectivity index (χ2v) is 9.98. The number of anilines is 2. The lowest BCUT2D eigenvalue weighted by Crippen LogP contribution is -2.22. The van der Waals surface area contributed by atoms with E-state index in [2.05, 4.69) is 16.9 Å². The van der Waals surface area contributed by atoms with Crippen molar-refractivity contribution in [2.75, 3.05) is 10.7 Å². The Labute approximate surface area is 198 Å². The van der Waals surface area contributed by atoms with Gasteiger partial charge in [0.2, 0.25) is 5.91 Å². The number of thioether (sulfide) groups is 1. The molecule has 2 aromatic carbocycles. The topological polar surface area (TPSA) is 72.4 Å². The Hall–Kier alpha value is -2.75. The fourth-order valence-electron chi connectivity index (χ4n) is 3.00. The maximum absolute atomic E-state index is 12.3. The third kappa shape index (κ3) is 5.35. The second-order valence-electron chi connectivity index (χ2n) is 6.89. The number of esters is 1. The van der Waals surface area contributed by atoms with Crippen LogP contribution in [-0.4, -0.2) is 27.6 Å². The van der Waals surface area contributed by atoms with Gasteiger partial charge in [0.25, 0.3) is 0 Å². The third-order valence-electron chi connectivity index (χ3n) is 4.62. The van der Waals surface area contributed by atoms with Crippen molar-refractivity contribution >= 4 is 67.3 Å². The van der Waals surface area contributed by atoms with Crippen molar-refractivity contribution in [1.29, 1.82) is 0 Å². The Kier molecular flexibility index (Phi) is 7.19. The van der Waals surface area contributed by atoms with Gasteiger partial charge in [-0.05, 0) is 36.2 Å². The number of aryl methyl sites for hydroxylation is 1. The largest absolute Gasteiger partial charge is 0.459 e. The standard InChI is InChI=1S/C23H21N3O3S3/c1-3-16-8-10-18(11-9-16)26(15(2)27)22-24-17(13-30-22)12-29-21(28)14-31-23-25-19-6-4-5-7-20(19)32-23/h4-11,13H,3,12,14H2,1-2H3. The SMILES string of the molecule is CCc1ccc(N(C(C)=O)c2nc(COC(=O)CSc3nc4ccccc4s3)cs2)cc1. The molecule has 0 aliphatic carbocycles. The van der Waals surface area contributed by atoms with Gasteiger partial charge in [0.05, 0.1) is 27.4 Å². The monoisotopic (exact) mass is 483 g/mol. The van der Waals surface area contributed by atoms with E-state index in [9.17, 15) is 9.59 Å². The number of amides is 1. The number of thiazole rings is 2. The number of rotatable bonds is 8. The zero-order valence-corrected chi connectivity index (χ0v) is 20.1. The first-order chi connectivity index (χ1) is 15.5. The molecule has 0 atom stereocenters. The lowest BCUT2D eigenvalue weighted by atomic mass is 10.1. The highest BCUT2D eigenvalue weighted by Gasteiger charge is 2.18. The van der Waals surface area contributed by atoms with Crippen molar-refractivity contribution in [3.63, 3.8) is 0 Å². The highest BCUT2D eigenvalue weighted by molar-refractivity contribution is 8.01. The van der Waals surface area contributed by atoms with Crippen molar-refractivity contribution in [2.45, 2.75) is 31.2 Å². The van der Waals surface area contributed by atoms with E-state index in [1.807, 2.05) is 48.5 Å². The van der Waals surface area contributed by atoms with Crippen LogP contribution in [-0.2, 0) is 27.4 Å². The first-order valence-electron chi connectivity index (χ1n) is 10.0. The molecule has 164 valence electrons. The Morgan fingerprint density at radius 1 is 1.09 bits per heavy atom. The Bertz CT molecular complexity index is 1200. The van der Waals surface area contributed by atoms with Crippen LogP contribution < -0.4 is 4.90 Å². The molecule has 0 saturated heterocycles. The number of carbonyl (C=O) groups excluding carboxylic acids is 2. The minimum absolute atomic E-state index is 0.0657. The summed E-state index contributed by atoms with van der Waals surface area (Å²) in [4.78, 5) is 35.0. The van der Waals surface area contributed by atoms with Crippen LogP contribution >= 0.6 is 34.4 Å². The number of carbonyl (C=O) groups is 2. The maximum atomic E-state index is 12.3. The fraction of sp³-hybridized carbons (Fsp3) is 0.217. The number of benzene rings is 2.